The van der Waals surface area contributed by atoms with Crippen molar-refractivity contribution in [2.75, 3.05) is 26.7 Å². The zero-order valence-corrected chi connectivity index (χ0v) is 17.7. The number of rotatable bonds is 3. The van der Waals surface area contributed by atoms with Gasteiger partial charge < -0.3 is 14.4 Å². The van der Waals surface area contributed by atoms with Crippen molar-refractivity contribution in [3.8, 4) is 11.5 Å². The number of ether oxygens (including phenoxy) is 2. The summed E-state index contributed by atoms with van der Waals surface area (Å²) < 4.78 is 12.4. The van der Waals surface area contributed by atoms with Gasteiger partial charge in [0.05, 0.1) is 18.9 Å². The Morgan fingerprint density at radius 3 is 2.69 bits per heavy atom. The molecule has 3 heterocycles. The van der Waals surface area contributed by atoms with Gasteiger partial charge in [-0.3, -0.25) is 0 Å². The summed E-state index contributed by atoms with van der Waals surface area (Å²) in [5.41, 5.74) is 2.73. The summed E-state index contributed by atoms with van der Waals surface area (Å²) >= 11 is 6.51. The molecule has 0 N–H and O–H groups in total. The van der Waals surface area contributed by atoms with Crippen molar-refractivity contribution < 1.29 is 9.47 Å². The van der Waals surface area contributed by atoms with Gasteiger partial charge in [0.1, 0.15) is 0 Å². The molecular weight excluding hydrogens is 386 g/mol. The van der Waals surface area contributed by atoms with Crippen LogP contribution >= 0.6 is 11.6 Å². The molecule has 0 radical (unpaired) electrons. The lowest BCUT2D eigenvalue weighted by Crippen LogP contribution is -2.59. The van der Waals surface area contributed by atoms with Gasteiger partial charge in [-0.15, -0.1) is 0 Å². The number of hydrazone groups is 1. The van der Waals surface area contributed by atoms with Gasteiger partial charge in [-0.25, -0.2) is 5.01 Å². The number of hydrogen-bond donors (Lipinski definition) is 0. The van der Waals surface area contributed by atoms with Crippen molar-refractivity contribution in [2.45, 2.75) is 38.0 Å². The van der Waals surface area contributed by atoms with Crippen LogP contribution in [0.2, 0.25) is 5.02 Å². The van der Waals surface area contributed by atoms with Crippen molar-refractivity contribution in [3.05, 3.63) is 58.6 Å². The second-order valence-electron chi connectivity index (χ2n) is 7.95. The van der Waals surface area contributed by atoms with Gasteiger partial charge in [0.25, 0.3) is 0 Å². The number of benzene rings is 2. The highest BCUT2D eigenvalue weighted by Crippen LogP contribution is 2.52. The zero-order valence-electron chi connectivity index (χ0n) is 16.9. The first-order valence-electron chi connectivity index (χ1n) is 10.3. The van der Waals surface area contributed by atoms with Crippen LogP contribution in [-0.4, -0.2) is 48.1 Å². The van der Waals surface area contributed by atoms with Gasteiger partial charge in [0.15, 0.2) is 11.5 Å². The summed E-state index contributed by atoms with van der Waals surface area (Å²) in [6.07, 6.45) is 2.63. The minimum atomic E-state index is -0.443. The van der Waals surface area contributed by atoms with Crippen molar-refractivity contribution in [1.29, 1.82) is 0 Å². The number of halogens is 1. The van der Waals surface area contributed by atoms with Gasteiger partial charge in [-0.1, -0.05) is 48.9 Å². The highest BCUT2D eigenvalue weighted by atomic mass is 35.5. The second-order valence-corrected chi connectivity index (χ2v) is 8.36. The molecule has 2 aromatic rings. The normalized spacial score (nSPS) is 22.7. The molecule has 0 amide bonds. The molecule has 1 spiro atoms. The maximum absolute atomic E-state index is 6.74. The van der Waals surface area contributed by atoms with Crippen LogP contribution in [0.1, 0.15) is 43.4 Å². The van der Waals surface area contributed by atoms with Crippen LogP contribution < -0.4 is 9.47 Å². The van der Waals surface area contributed by atoms with E-state index in [1.54, 1.807) is 7.11 Å². The van der Waals surface area contributed by atoms with Gasteiger partial charge >= 0.3 is 0 Å². The Morgan fingerprint density at radius 1 is 1.17 bits per heavy atom. The molecule has 6 heteroatoms. The standard InChI is InChI=1S/C23H26ClN3O2/c1-3-26-13-11-23(12-14-26)27-20(17-8-6-10-21(28-2)22(17)29-23)15-19(25-27)16-7-4-5-9-18(16)24/h4-10,20H,3,11-15H2,1-2H3/t20-/m0/s1. The van der Waals surface area contributed by atoms with E-state index in [0.717, 1.165) is 72.3 Å². The van der Waals surface area contributed by atoms with E-state index in [9.17, 15) is 0 Å². The van der Waals surface area contributed by atoms with Gasteiger partial charge in [-0.05, 0) is 18.7 Å². The third-order valence-electron chi connectivity index (χ3n) is 6.48. The Morgan fingerprint density at radius 2 is 1.97 bits per heavy atom. The van der Waals surface area contributed by atoms with Crippen LogP contribution in [0.25, 0.3) is 0 Å². The topological polar surface area (TPSA) is 37.3 Å². The van der Waals surface area contributed by atoms with E-state index in [1.165, 1.54) is 0 Å². The molecule has 1 saturated heterocycles. The average Bonchev–Trinajstić information content (AvgIpc) is 3.21. The number of hydrogen-bond acceptors (Lipinski definition) is 5. The van der Waals surface area contributed by atoms with Crippen LogP contribution in [0.3, 0.4) is 0 Å². The maximum atomic E-state index is 6.74. The molecule has 29 heavy (non-hydrogen) atoms. The molecule has 5 rings (SSSR count). The number of piperidine rings is 1. The van der Waals surface area contributed by atoms with E-state index in [1.807, 2.05) is 30.3 Å². The Hall–Kier alpha value is -2.24. The smallest absolute Gasteiger partial charge is 0.200 e. The SMILES string of the molecule is CCN1CCC2(CC1)Oc1c(OC)cccc1[C@@H]1CC(c3ccccc3Cl)=NN12. The summed E-state index contributed by atoms with van der Waals surface area (Å²) in [6.45, 7) is 5.28. The minimum absolute atomic E-state index is 0.133. The number of nitrogens with zero attached hydrogens (tertiary/aromatic N) is 3. The molecule has 1 atom stereocenters. The van der Waals surface area contributed by atoms with Crippen LogP contribution in [0.4, 0.5) is 0 Å². The lowest BCUT2D eigenvalue weighted by molar-refractivity contribution is -0.150. The zero-order chi connectivity index (χ0) is 20.0. The predicted octanol–water partition coefficient (Wildman–Crippen LogP) is 4.70. The molecule has 3 aliphatic heterocycles. The highest BCUT2D eigenvalue weighted by Gasteiger charge is 2.52. The van der Waals surface area contributed by atoms with Gasteiger partial charge in [0.2, 0.25) is 5.72 Å². The summed E-state index contributed by atoms with van der Waals surface area (Å²) in [4.78, 5) is 2.47. The Kier molecular flexibility index (Phi) is 4.67. The fourth-order valence-electron chi connectivity index (χ4n) is 4.84. The number of para-hydroxylation sites is 1. The lowest BCUT2D eigenvalue weighted by atomic mass is 9.90. The fourth-order valence-corrected chi connectivity index (χ4v) is 5.08. The van der Waals surface area contributed by atoms with Crippen LogP contribution in [0, 0.1) is 0 Å². The predicted molar refractivity (Wildman–Crippen MR) is 115 cm³/mol. The molecule has 2 aromatic carbocycles. The van der Waals surface area contributed by atoms with Crippen molar-refractivity contribution >= 4 is 17.3 Å². The van der Waals surface area contributed by atoms with E-state index in [0.29, 0.717) is 0 Å². The van der Waals surface area contributed by atoms with E-state index < -0.39 is 5.72 Å². The summed E-state index contributed by atoms with van der Waals surface area (Å²) in [7, 11) is 1.71. The third-order valence-corrected chi connectivity index (χ3v) is 6.81. The Bertz CT molecular complexity index is 953. The summed E-state index contributed by atoms with van der Waals surface area (Å²) in [5.74, 6) is 1.67. The quantitative estimate of drug-likeness (QED) is 0.733. The average molecular weight is 412 g/mol. The molecule has 152 valence electrons. The molecule has 1 fully saturated rings. The molecule has 0 aromatic heterocycles. The first-order valence-corrected chi connectivity index (χ1v) is 10.7. The number of likely N-dealkylation sites (tertiary alicyclic amines) is 1. The summed E-state index contributed by atoms with van der Waals surface area (Å²) in [6, 6.07) is 14.2. The number of fused-ring (bicyclic) bond motifs is 4. The molecule has 3 aliphatic rings. The maximum Gasteiger partial charge on any atom is 0.200 e. The van der Waals surface area contributed by atoms with Crippen molar-refractivity contribution in [3.63, 3.8) is 0 Å². The van der Waals surface area contributed by atoms with Crippen LogP contribution in [0.5, 0.6) is 11.5 Å². The monoisotopic (exact) mass is 411 g/mol. The van der Waals surface area contributed by atoms with Gasteiger partial charge in [0, 0.05) is 48.5 Å². The largest absolute Gasteiger partial charge is 0.493 e. The molecule has 0 saturated carbocycles. The second kappa shape index (κ2) is 7.22. The third kappa shape index (κ3) is 2.99. The Balaban J connectivity index is 1.60. The lowest BCUT2D eigenvalue weighted by Gasteiger charge is -2.51. The first-order chi connectivity index (χ1) is 14.1. The molecule has 5 nitrogen and oxygen atoms in total. The van der Waals surface area contributed by atoms with E-state index >= 15 is 0 Å². The fraction of sp³-hybridized carbons (Fsp3) is 0.435. The minimum Gasteiger partial charge on any atom is -0.493 e. The van der Waals surface area contributed by atoms with E-state index in [-0.39, 0.29) is 6.04 Å². The van der Waals surface area contributed by atoms with E-state index in [4.69, 9.17) is 26.2 Å². The van der Waals surface area contributed by atoms with E-state index in [2.05, 4.69) is 29.0 Å². The number of methoxy groups -OCH3 is 1. The molecule has 0 bridgehead atoms. The van der Waals surface area contributed by atoms with Crippen LogP contribution in [0.15, 0.2) is 47.6 Å². The van der Waals surface area contributed by atoms with Crippen LogP contribution in [-0.2, 0) is 0 Å². The first kappa shape index (κ1) is 18.8. The van der Waals surface area contributed by atoms with Crippen molar-refractivity contribution in [2.24, 2.45) is 5.10 Å². The highest BCUT2D eigenvalue weighted by molar-refractivity contribution is 6.34. The van der Waals surface area contributed by atoms with Gasteiger partial charge in [-0.2, -0.15) is 5.10 Å². The molecular formula is C23H26ClN3O2. The Labute approximate surface area is 176 Å². The van der Waals surface area contributed by atoms with Crippen molar-refractivity contribution in [1.82, 2.24) is 9.91 Å². The summed E-state index contributed by atoms with van der Waals surface area (Å²) in [5, 5.41) is 8.07. The molecule has 0 unspecified atom stereocenters. The molecule has 0 aliphatic carbocycles.